The van der Waals surface area contributed by atoms with Gasteiger partial charge in [-0.1, -0.05) is 11.6 Å². The van der Waals surface area contributed by atoms with Gasteiger partial charge in [-0.3, -0.25) is 4.79 Å². The minimum atomic E-state index is -0.245. The van der Waals surface area contributed by atoms with E-state index in [1.807, 2.05) is 6.92 Å². The maximum Gasteiger partial charge on any atom is 0.287 e. The lowest BCUT2D eigenvalue weighted by atomic mass is 10.1. The molecule has 0 atom stereocenters. The highest BCUT2D eigenvalue weighted by molar-refractivity contribution is 6.33. The highest BCUT2D eigenvalue weighted by Gasteiger charge is 2.26. The van der Waals surface area contributed by atoms with Crippen molar-refractivity contribution < 1.29 is 0 Å². The molecule has 0 saturated carbocycles. The zero-order valence-corrected chi connectivity index (χ0v) is 10.2. The predicted molar refractivity (Wildman–Crippen MR) is 64.2 cm³/mol. The molecular formula is C10H15ClN4O. The molecule has 1 N–H and O–H groups in total. The summed E-state index contributed by atoms with van der Waals surface area (Å²) >= 11 is 6.06. The lowest BCUT2D eigenvalue weighted by molar-refractivity contribution is 0.416. The highest BCUT2D eigenvalue weighted by atomic mass is 35.5. The van der Waals surface area contributed by atoms with Crippen LogP contribution in [0.5, 0.6) is 0 Å². The minimum absolute atomic E-state index is 0.245. The van der Waals surface area contributed by atoms with E-state index in [4.69, 9.17) is 11.6 Å². The van der Waals surface area contributed by atoms with Gasteiger partial charge in [0.05, 0.1) is 17.9 Å². The maximum absolute atomic E-state index is 11.7. The molecule has 1 aromatic heterocycles. The third-order valence-corrected chi connectivity index (χ3v) is 3.27. The second-order valence-corrected chi connectivity index (χ2v) is 4.25. The lowest BCUT2D eigenvalue weighted by Gasteiger charge is -2.39. The second-order valence-electron chi connectivity index (χ2n) is 3.87. The Morgan fingerprint density at radius 1 is 1.69 bits per heavy atom. The van der Waals surface area contributed by atoms with Crippen LogP contribution in [-0.4, -0.2) is 35.5 Å². The summed E-state index contributed by atoms with van der Waals surface area (Å²) in [4.78, 5) is 13.8. The van der Waals surface area contributed by atoms with Gasteiger partial charge in [-0.25, -0.2) is 4.68 Å². The Bertz CT molecular complexity index is 441. The Morgan fingerprint density at radius 3 is 2.88 bits per heavy atom. The van der Waals surface area contributed by atoms with Crippen molar-refractivity contribution in [3.63, 3.8) is 0 Å². The van der Waals surface area contributed by atoms with E-state index in [2.05, 4.69) is 15.3 Å². The number of nitrogens with one attached hydrogen (secondary N) is 1. The summed E-state index contributed by atoms with van der Waals surface area (Å²) in [6.45, 7) is 4.73. The van der Waals surface area contributed by atoms with Gasteiger partial charge in [-0.15, -0.1) is 0 Å². The summed E-state index contributed by atoms with van der Waals surface area (Å²) < 4.78 is 1.25. The summed E-state index contributed by atoms with van der Waals surface area (Å²) in [5.41, 5.74) is 0.490. The molecule has 5 nitrogen and oxygen atoms in total. The number of aromatic nitrogens is 2. The first-order valence-electron chi connectivity index (χ1n) is 5.34. The SMILES string of the molecule is CCN(c1cnn(C)c(=O)c1Cl)C1CNC1. The molecule has 0 amide bonds. The fraction of sp³-hybridized carbons (Fsp3) is 0.600. The van der Waals surface area contributed by atoms with E-state index in [9.17, 15) is 4.79 Å². The lowest BCUT2D eigenvalue weighted by Crippen LogP contribution is -2.57. The van der Waals surface area contributed by atoms with Crippen molar-refractivity contribution in [1.29, 1.82) is 0 Å². The number of hydrogen-bond acceptors (Lipinski definition) is 4. The Kier molecular flexibility index (Phi) is 3.16. The zero-order chi connectivity index (χ0) is 11.7. The Balaban J connectivity index is 2.38. The summed E-state index contributed by atoms with van der Waals surface area (Å²) in [6, 6.07) is 0.413. The van der Waals surface area contributed by atoms with E-state index in [1.54, 1.807) is 13.2 Å². The van der Waals surface area contributed by atoms with Crippen LogP contribution in [-0.2, 0) is 7.05 Å². The normalized spacial score (nSPS) is 15.9. The summed E-state index contributed by atoms with van der Waals surface area (Å²) in [5, 5.41) is 7.47. The molecule has 0 bridgehead atoms. The Hall–Kier alpha value is -1.07. The van der Waals surface area contributed by atoms with Crippen LogP contribution in [0.25, 0.3) is 0 Å². The standard InChI is InChI=1S/C10H15ClN4O/c1-3-15(7-4-12-5-7)8-6-13-14(2)10(16)9(8)11/h6-7,12H,3-5H2,1-2H3. The van der Waals surface area contributed by atoms with E-state index in [1.165, 1.54) is 4.68 Å². The van der Waals surface area contributed by atoms with Gasteiger partial charge in [-0.2, -0.15) is 5.10 Å². The monoisotopic (exact) mass is 242 g/mol. The van der Waals surface area contributed by atoms with Crippen molar-refractivity contribution in [2.24, 2.45) is 7.05 Å². The molecule has 0 aromatic carbocycles. The molecule has 2 heterocycles. The van der Waals surface area contributed by atoms with Crippen LogP contribution < -0.4 is 15.8 Å². The highest BCUT2D eigenvalue weighted by Crippen LogP contribution is 2.23. The molecular weight excluding hydrogens is 228 g/mol. The molecule has 1 aromatic rings. The van der Waals surface area contributed by atoms with Crippen LogP contribution in [0, 0.1) is 0 Å². The number of likely N-dealkylation sites (N-methyl/N-ethyl adjacent to an activating group) is 1. The van der Waals surface area contributed by atoms with Crippen molar-refractivity contribution >= 4 is 17.3 Å². The smallest absolute Gasteiger partial charge is 0.287 e. The van der Waals surface area contributed by atoms with Crippen molar-refractivity contribution in [3.8, 4) is 0 Å². The van der Waals surface area contributed by atoms with Crippen molar-refractivity contribution in [2.45, 2.75) is 13.0 Å². The molecule has 0 radical (unpaired) electrons. The third kappa shape index (κ3) is 1.81. The van der Waals surface area contributed by atoms with Crippen LogP contribution >= 0.6 is 11.6 Å². The second kappa shape index (κ2) is 4.43. The van der Waals surface area contributed by atoms with Crippen LogP contribution in [0.4, 0.5) is 5.69 Å². The quantitative estimate of drug-likeness (QED) is 0.825. The fourth-order valence-electron chi connectivity index (χ4n) is 1.82. The van der Waals surface area contributed by atoms with Crippen LogP contribution in [0.15, 0.2) is 11.0 Å². The van der Waals surface area contributed by atoms with E-state index < -0.39 is 0 Å². The average Bonchev–Trinajstić information content (AvgIpc) is 2.21. The van der Waals surface area contributed by atoms with Crippen LogP contribution in [0.3, 0.4) is 0 Å². The van der Waals surface area contributed by atoms with Gasteiger partial charge in [0.1, 0.15) is 5.02 Å². The summed E-state index contributed by atoms with van der Waals surface area (Å²) in [6.07, 6.45) is 1.66. The molecule has 0 aliphatic carbocycles. The van der Waals surface area contributed by atoms with Gasteiger partial charge >= 0.3 is 0 Å². The van der Waals surface area contributed by atoms with Gasteiger partial charge in [0.25, 0.3) is 5.56 Å². The van der Waals surface area contributed by atoms with E-state index in [0.29, 0.717) is 6.04 Å². The van der Waals surface area contributed by atoms with Crippen LogP contribution in [0.2, 0.25) is 5.02 Å². The summed E-state index contributed by atoms with van der Waals surface area (Å²) in [7, 11) is 1.60. The number of hydrogen-bond donors (Lipinski definition) is 1. The number of nitrogens with zero attached hydrogens (tertiary/aromatic N) is 3. The minimum Gasteiger partial charge on any atom is -0.364 e. The fourth-order valence-corrected chi connectivity index (χ4v) is 2.10. The number of halogens is 1. The topological polar surface area (TPSA) is 50.2 Å². The Labute approximate surface area is 99.0 Å². The maximum atomic E-state index is 11.7. The zero-order valence-electron chi connectivity index (χ0n) is 9.40. The molecule has 1 fully saturated rings. The van der Waals surface area contributed by atoms with Gasteiger partial charge in [-0.05, 0) is 6.92 Å². The first-order valence-corrected chi connectivity index (χ1v) is 5.72. The molecule has 0 spiro atoms. The molecule has 0 unspecified atom stereocenters. The molecule has 2 rings (SSSR count). The number of anilines is 1. The predicted octanol–water partition coefficient (Wildman–Crippen LogP) is 0.232. The largest absolute Gasteiger partial charge is 0.364 e. The average molecular weight is 243 g/mol. The van der Waals surface area contributed by atoms with Gasteiger partial charge < -0.3 is 10.2 Å². The molecule has 1 aliphatic rings. The third-order valence-electron chi connectivity index (χ3n) is 2.91. The molecule has 88 valence electrons. The first-order chi connectivity index (χ1) is 7.65. The van der Waals surface area contributed by atoms with E-state index >= 15 is 0 Å². The van der Waals surface area contributed by atoms with E-state index in [0.717, 1.165) is 25.3 Å². The number of rotatable bonds is 3. The van der Waals surface area contributed by atoms with Crippen molar-refractivity contribution in [3.05, 3.63) is 21.6 Å². The van der Waals surface area contributed by atoms with Gasteiger partial charge in [0.2, 0.25) is 0 Å². The summed E-state index contributed by atoms with van der Waals surface area (Å²) in [5.74, 6) is 0. The Morgan fingerprint density at radius 2 is 2.38 bits per heavy atom. The van der Waals surface area contributed by atoms with Gasteiger partial charge in [0.15, 0.2) is 0 Å². The molecule has 1 aliphatic heterocycles. The first kappa shape index (κ1) is 11.4. The number of aryl methyl sites for hydroxylation is 1. The van der Waals surface area contributed by atoms with Crippen LogP contribution in [0.1, 0.15) is 6.92 Å². The molecule has 6 heteroatoms. The van der Waals surface area contributed by atoms with Gasteiger partial charge in [0, 0.05) is 26.7 Å². The molecule has 16 heavy (non-hydrogen) atoms. The van der Waals surface area contributed by atoms with Crippen molar-refractivity contribution in [2.75, 3.05) is 24.5 Å². The van der Waals surface area contributed by atoms with Crippen molar-refractivity contribution in [1.82, 2.24) is 15.1 Å². The van der Waals surface area contributed by atoms with E-state index in [-0.39, 0.29) is 10.6 Å². The molecule has 1 saturated heterocycles.